The molecular formula is C17H27NOS2. The average Bonchev–Trinajstić information content (AvgIpc) is 3.03. The lowest BCUT2D eigenvalue weighted by Crippen LogP contribution is -2.45. The summed E-state index contributed by atoms with van der Waals surface area (Å²) in [5, 5.41) is 8.35. The van der Waals surface area contributed by atoms with E-state index in [-0.39, 0.29) is 5.60 Å². The van der Waals surface area contributed by atoms with Crippen LogP contribution in [-0.2, 0) is 4.74 Å². The van der Waals surface area contributed by atoms with Crippen molar-refractivity contribution in [1.29, 1.82) is 0 Å². The Balaban J connectivity index is 1.72. The van der Waals surface area contributed by atoms with Gasteiger partial charge in [-0.2, -0.15) is 23.1 Å². The van der Waals surface area contributed by atoms with Gasteiger partial charge >= 0.3 is 0 Å². The molecule has 1 spiro atoms. The monoisotopic (exact) mass is 325 g/mol. The largest absolute Gasteiger partial charge is 0.375 e. The molecule has 2 unspecified atom stereocenters. The molecular weight excluding hydrogens is 298 g/mol. The van der Waals surface area contributed by atoms with Crippen LogP contribution in [0.4, 0.5) is 0 Å². The quantitative estimate of drug-likeness (QED) is 0.862. The summed E-state index contributed by atoms with van der Waals surface area (Å²) < 4.78 is 6.27. The highest BCUT2D eigenvalue weighted by atomic mass is 32.2. The highest BCUT2D eigenvalue weighted by molar-refractivity contribution is 7.99. The fraction of sp³-hybridized carbons (Fsp3) is 0.765. The second-order valence-electron chi connectivity index (χ2n) is 6.39. The summed E-state index contributed by atoms with van der Waals surface area (Å²) in [6.07, 6.45) is 6.14. The molecule has 0 saturated carbocycles. The Morgan fingerprint density at radius 1 is 1.43 bits per heavy atom. The van der Waals surface area contributed by atoms with E-state index in [1.54, 1.807) is 0 Å². The molecule has 0 aliphatic carbocycles. The molecule has 2 fully saturated rings. The summed E-state index contributed by atoms with van der Waals surface area (Å²) >= 11 is 3.91. The Hall–Kier alpha value is -0.0300. The summed E-state index contributed by atoms with van der Waals surface area (Å²) in [7, 11) is 0. The highest BCUT2D eigenvalue weighted by Gasteiger charge is 2.41. The van der Waals surface area contributed by atoms with E-state index in [2.05, 4.69) is 40.8 Å². The van der Waals surface area contributed by atoms with Gasteiger partial charge in [0.15, 0.2) is 0 Å². The molecule has 3 rings (SSSR count). The maximum absolute atomic E-state index is 6.27. The van der Waals surface area contributed by atoms with Gasteiger partial charge in [0.2, 0.25) is 0 Å². The Morgan fingerprint density at radius 2 is 2.29 bits per heavy atom. The predicted molar refractivity (Wildman–Crippen MR) is 93.3 cm³/mol. The van der Waals surface area contributed by atoms with Crippen LogP contribution in [0, 0.1) is 5.92 Å². The molecule has 3 heterocycles. The number of thiophene rings is 1. The van der Waals surface area contributed by atoms with Gasteiger partial charge < -0.3 is 10.1 Å². The smallest absolute Gasteiger partial charge is 0.0701 e. The molecule has 2 nitrogen and oxygen atoms in total. The molecule has 1 aromatic rings. The predicted octanol–water partition coefficient (Wildman–Crippen LogP) is 4.48. The summed E-state index contributed by atoms with van der Waals surface area (Å²) in [6, 6.07) is 2.82. The molecule has 2 aliphatic heterocycles. The van der Waals surface area contributed by atoms with Crippen molar-refractivity contribution in [2.24, 2.45) is 5.92 Å². The van der Waals surface area contributed by atoms with Crippen molar-refractivity contribution in [3.63, 3.8) is 0 Å². The van der Waals surface area contributed by atoms with Crippen LogP contribution in [0.5, 0.6) is 0 Å². The molecule has 118 valence electrons. The van der Waals surface area contributed by atoms with Crippen LogP contribution < -0.4 is 5.32 Å². The average molecular weight is 326 g/mol. The summed E-state index contributed by atoms with van der Waals surface area (Å²) in [5.74, 6) is 3.28. The number of hydrogen-bond acceptors (Lipinski definition) is 4. The Morgan fingerprint density at radius 3 is 3.00 bits per heavy atom. The molecule has 2 atom stereocenters. The molecule has 21 heavy (non-hydrogen) atoms. The van der Waals surface area contributed by atoms with E-state index in [0.29, 0.717) is 6.04 Å². The van der Waals surface area contributed by atoms with Crippen molar-refractivity contribution in [2.45, 2.75) is 50.7 Å². The van der Waals surface area contributed by atoms with Crippen LogP contribution in [0.2, 0.25) is 0 Å². The third kappa shape index (κ3) is 3.84. The first-order valence-corrected chi connectivity index (χ1v) is 10.4. The van der Waals surface area contributed by atoms with E-state index < -0.39 is 0 Å². The highest BCUT2D eigenvalue weighted by Crippen LogP contribution is 2.43. The number of nitrogens with one attached hydrogen (secondary N) is 1. The van der Waals surface area contributed by atoms with Gasteiger partial charge in [-0.25, -0.2) is 0 Å². The molecule has 0 bridgehead atoms. The lowest BCUT2D eigenvalue weighted by atomic mass is 9.77. The van der Waals surface area contributed by atoms with Gasteiger partial charge in [0.25, 0.3) is 0 Å². The molecule has 2 saturated heterocycles. The Labute approximate surface area is 137 Å². The van der Waals surface area contributed by atoms with Gasteiger partial charge in [0.05, 0.1) is 5.60 Å². The molecule has 2 aliphatic rings. The fourth-order valence-corrected chi connectivity index (χ4v) is 5.68. The van der Waals surface area contributed by atoms with E-state index in [1.807, 2.05) is 11.3 Å². The van der Waals surface area contributed by atoms with Crippen LogP contribution in [0.3, 0.4) is 0 Å². The van der Waals surface area contributed by atoms with Crippen LogP contribution in [0.1, 0.15) is 50.6 Å². The van der Waals surface area contributed by atoms with Crippen molar-refractivity contribution in [2.75, 3.05) is 24.7 Å². The zero-order chi connectivity index (χ0) is 14.5. The zero-order valence-corrected chi connectivity index (χ0v) is 14.6. The van der Waals surface area contributed by atoms with E-state index in [1.165, 1.54) is 49.2 Å². The summed E-state index contributed by atoms with van der Waals surface area (Å²) in [4.78, 5) is 0. The number of hydrogen-bond donors (Lipinski definition) is 1. The molecule has 4 heteroatoms. The van der Waals surface area contributed by atoms with Crippen molar-refractivity contribution in [1.82, 2.24) is 5.32 Å². The normalized spacial score (nSPS) is 26.8. The van der Waals surface area contributed by atoms with Crippen molar-refractivity contribution >= 4 is 23.1 Å². The second kappa shape index (κ2) is 7.49. The Kier molecular flexibility index (Phi) is 5.66. The second-order valence-corrected chi connectivity index (χ2v) is 8.39. The SMILES string of the molecule is CCCNC(c1ccsc1)C1CCOC2(CCSCC2)C1. The van der Waals surface area contributed by atoms with E-state index >= 15 is 0 Å². The fourth-order valence-electron chi connectivity index (χ4n) is 3.75. The number of ether oxygens (including phenoxy) is 1. The minimum absolute atomic E-state index is 0.191. The minimum atomic E-state index is 0.191. The minimum Gasteiger partial charge on any atom is -0.375 e. The van der Waals surface area contributed by atoms with Gasteiger partial charge in [-0.3, -0.25) is 0 Å². The lowest BCUT2D eigenvalue weighted by Gasteiger charge is -2.45. The first-order chi connectivity index (χ1) is 10.3. The van der Waals surface area contributed by atoms with Crippen LogP contribution in [0.15, 0.2) is 16.8 Å². The first-order valence-electron chi connectivity index (χ1n) is 8.30. The lowest BCUT2D eigenvalue weighted by molar-refractivity contribution is -0.107. The van der Waals surface area contributed by atoms with Crippen LogP contribution in [0.25, 0.3) is 0 Å². The van der Waals surface area contributed by atoms with E-state index in [9.17, 15) is 0 Å². The van der Waals surface area contributed by atoms with E-state index in [4.69, 9.17) is 4.74 Å². The third-order valence-corrected chi connectivity index (χ3v) is 6.61. The third-order valence-electron chi connectivity index (χ3n) is 4.92. The number of thioether (sulfide) groups is 1. The summed E-state index contributed by atoms with van der Waals surface area (Å²) in [5.41, 5.74) is 1.68. The molecule has 0 radical (unpaired) electrons. The van der Waals surface area contributed by atoms with Gasteiger partial charge in [-0.15, -0.1) is 0 Å². The molecule has 1 aromatic heterocycles. The van der Waals surface area contributed by atoms with Gasteiger partial charge in [0.1, 0.15) is 0 Å². The first kappa shape index (κ1) is 15.9. The van der Waals surface area contributed by atoms with Crippen molar-refractivity contribution < 1.29 is 4.74 Å². The molecule has 1 N–H and O–H groups in total. The van der Waals surface area contributed by atoms with Gasteiger partial charge in [-0.05, 0) is 78.5 Å². The van der Waals surface area contributed by atoms with E-state index in [0.717, 1.165) is 19.1 Å². The van der Waals surface area contributed by atoms with Crippen LogP contribution >= 0.6 is 23.1 Å². The van der Waals surface area contributed by atoms with Crippen LogP contribution in [-0.4, -0.2) is 30.3 Å². The molecule has 0 amide bonds. The zero-order valence-electron chi connectivity index (χ0n) is 13.0. The standard InChI is InChI=1S/C17H27NOS2/c1-2-7-18-16(15-4-9-21-13-15)14-3-8-19-17(12-14)5-10-20-11-6-17/h4,9,13-14,16,18H,2-3,5-8,10-12H2,1H3. The topological polar surface area (TPSA) is 21.3 Å². The van der Waals surface area contributed by atoms with Crippen molar-refractivity contribution in [3.8, 4) is 0 Å². The summed E-state index contributed by atoms with van der Waals surface area (Å²) in [6.45, 7) is 4.31. The maximum Gasteiger partial charge on any atom is 0.0701 e. The number of rotatable bonds is 5. The Bertz CT molecular complexity index is 409. The van der Waals surface area contributed by atoms with Gasteiger partial charge in [-0.1, -0.05) is 6.92 Å². The molecule has 0 aromatic carbocycles. The maximum atomic E-state index is 6.27. The van der Waals surface area contributed by atoms with Gasteiger partial charge in [0, 0.05) is 12.6 Å². The van der Waals surface area contributed by atoms with Crippen molar-refractivity contribution in [3.05, 3.63) is 22.4 Å².